The van der Waals surface area contributed by atoms with E-state index >= 15 is 0 Å². The molecule has 1 heterocycles. The van der Waals surface area contributed by atoms with Crippen molar-refractivity contribution in [1.82, 2.24) is 9.78 Å². The van der Waals surface area contributed by atoms with Crippen molar-refractivity contribution in [2.24, 2.45) is 7.05 Å². The van der Waals surface area contributed by atoms with Crippen LogP contribution in [-0.4, -0.2) is 9.78 Å². The predicted octanol–water partition coefficient (Wildman–Crippen LogP) is 2.38. The van der Waals surface area contributed by atoms with Crippen LogP contribution >= 0.6 is 15.9 Å². The minimum atomic E-state index is 0.722. The molecule has 3 N–H and O–H groups in total. The van der Waals surface area contributed by atoms with Gasteiger partial charge in [0, 0.05) is 29.8 Å². The molecule has 1 aromatic heterocycles. The largest absolute Gasteiger partial charge is 0.397 e. The van der Waals surface area contributed by atoms with Crippen LogP contribution < -0.4 is 11.1 Å². The Kier molecular flexibility index (Phi) is 3.14. The van der Waals surface area contributed by atoms with Crippen molar-refractivity contribution in [2.45, 2.75) is 6.54 Å². The van der Waals surface area contributed by atoms with Gasteiger partial charge in [-0.1, -0.05) is 15.9 Å². The number of nitrogens with one attached hydrogen (secondary N) is 1. The molecule has 0 aliphatic carbocycles. The summed E-state index contributed by atoms with van der Waals surface area (Å²) in [6.45, 7) is 0.722. The van der Waals surface area contributed by atoms with Gasteiger partial charge in [0.2, 0.25) is 0 Å². The van der Waals surface area contributed by atoms with Crippen molar-refractivity contribution < 1.29 is 0 Å². The summed E-state index contributed by atoms with van der Waals surface area (Å²) in [5, 5.41) is 7.37. The van der Waals surface area contributed by atoms with Gasteiger partial charge in [-0.25, -0.2) is 0 Å². The van der Waals surface area contributed by atoms with Crippen LogP contribution in [-0.2, 0) is 13.6 Å². The van der Waals surface area contributed by atoms with Crippen LogP contribution in [0.25, 0.3) is 0 Å². The first-order chi connectivity index (χ1) is 7.65. The summed E-state index contributed by atoms with van der Waals surface area (Å²) in [4.78, 5) is 0. The number of hydrogen-bond donors (Lipinski definition) is 2. The third kappa shape index (κ3) is 2.55. The summed E-state index contributed by atoms with van der Waals surface area (Å²) in [7, 11) is 1.90. The average Bonchev–Trinajstić information content (AvgIpc) is 2.63. The molecule has 16 heavy (non-hydrogen) atoms. The van der Waals surface area contributed by atoms with E-state index in [0.29, 0.717) is 0 Å². The Morgan fingerprint density at radius 2 is 2.31 bits per heavy atom. The molecule has 0 atom stereocenters. The van der Waals surface area contributed by atoms with Gasteiger partial charge in [-0.2, -0.15) is 5.10 Å². The lowest BCUT2D eigenvalue weighted by molar-refractivity contribution is 0.767. The molecule has 0 amide bonds. The molecular weight excluding hydrogens is 268 g/mol. The van der Waals surface area contributed by atoms with Crippen LogP contribution in [0.3, 0.4) is 0 Å². The Morgan fingerprint density at radius 1 is 1.50 bits per heavy atom. The molecule has 84 valence electrons. The molecule has 0 aliphatic heterocycles. The van der Waals surface area contributed by atoms with E-state index in [1.165, 1.54) is 0 Å². The van der Waals surface area contributed by atoms with Crippen LogP contribution in [0.5, 0.6) is 0 Å². The summed E-state index contributed by atoms with van der Waals surface area (Å²) in [6.07, 6.45) is 3.81. The van der Waals surface area contributed by atoms with Crippen molar-refractivity contribution in [1.29, 1.82) is 0 Å². The third-order valence-electron chi connectivity index (χ3n) is 2.25. The van der Waals surface area contributed by atoms with Gasteiger partial charge in [-0.05, 0) is 18.2 Å². The Hall–Kier alpha value is -1.49. The van der Waals surface area contributed by atoms with E-state index in [1.54, 1.807) is 4.68 Å². The quantitative estimate of drug-likeness (QED) is 0.849. The second-order valence-electron chi connectivity index (χ2n) is 3.61. The first-order valence-corrected chi connectivity index (χ1v) is 5.71. The first-order valence-electron chi connectivity index (χ1n) is 4.91. The molecular formula is C11H13BrN4. The second-order valence-corrected chi connectivity index (χ2v) is 4.52. The van der Waals surface area contributed by atoms with E-state index in [9.17, 15) is 0 Å². The van der Waals surface area contributed by atoms with Gasteiger partial charge < -0.3 is 11.1 Å². The van der Waals surface area contributed by atoms with Crippen LogP contribution in [0, 0.1) is 0 Å². The van der Waals surface area contributed by atoms with Crippen LogP contribution in [0.2, 0.25) is 0 Å². The van der Waals surface area contributed by atoms with E-state index in [2.05, 4.69) is 26.3 Å². The molecule has 0 spiro atoms. The standard InChI is InChI=1S/C11H13BrN4/c1-16-7-8(6-15-16)5-14-11-3-2-9(12)4-10(11)13/h2-4,6-7,14H,5,13H2,1H3. The number of nitrogen functional groups attached to an aromatic ring is 1. The number of halogens is 1. The molecule has 0 saturated carbocycles. The van der Waals surface area contributed by atoms with Crippen molar-refractivity contribution in [3.05, 3.63) is 40.6 Å². The molecule has 2 aromatic rings. The minimum absolute atomic E-state index is 0.722. The van der Waals surface area contributed by atoms with Crippen molar-refractivity contribution in [3.63, 3.8) is 0 Å². The highest BCUT2D eigenvalue weighted by Gasteiger charge is 2.00. The number of hydrogen-bond acceptors (Lipinski definition) is 3. The van der Waals surface area contributed by atoms with Gasteiger partial charge in [0.15, 0.2) is 0 Å². The van der Waals surface area contributed by atoms with E-state index in [-0.39, 0.29) is 0 Å². The summed E-state index contributed by atoms with van der Waals surface area (Å²) >= 11 is 3.37. The average molecular weight is 281 g/mol. The van der Waals surface area contributed by atoms with Gasteiger partial charge in [0.25, 0.3) is 0 Å². The number of rotatable bonds is 3. The lowest BCUT2D eigenvalue weighted by atomic mass is 10.2. The van der Waals surface area contributed by atoms with Crippen molar-refractivity contribution >= 4 is 27.3 Å². The summed E-state index contributed by atoms with van der Waals surface area (Å²) in [5.74, 6) is 0. The zero-order chi connectivity index (χ0) is 11.5. The maximum Gasteiger partial charge on any atom is 0.0577 e. The summed E-state index contributed by atoms with van der Waals surface area (Å²) in [5.41, 5.74) is 8.68. The number of benzene rings is 1. The van der Waals surface area contributed by atoms with Crippen molar-refractivity contribution in [2.75, 3.05) is 11.1 Å². The summed E-state index contributed by atoms with van der Waals surface area (Å²) < 4.78 is 2.76. The maximum atomic E-state index is 5.88. The molecule has 4 nitrogen and oxygen atoms in total. The molecule has 0 saturated heterocycles. The predicted molar refractivity (Wildman–Crippen MR) is 69.1 cm³/mol. The Morgan fingerprint density at radius 3 is 2.94 bits per heavy atom. The van der Waals surface area contributed by atoms with Gasteiger partial charge in [-0.3, -0.25) is 4.68 Å². The number of anilines is 2. The Balaban J connectivity index is 2.04. The number of nitrogens with zero attached hydrogens (tertiary/aromatic N) is 2. The van der Waals surface area contributed by atoms with E-state index in [0.717, 1.165) is 28.0 Å². The Bertz CT molecular complexity index is 492. The molecule has 0 radical (unpaired) electrons. The minimum Gasteiger partial charge on any atom is -0.397 e. The zero-order valence-electron chi connectivity index (χ0n) is 8.94. The fourth-order valence-corrected chi connectivity index (χ4v) is 1.83. The first kappa shape index (κ1) is 11.0. The van der Waals surface area contributed by atoms with Gasteiger partial charge >= 0.3 is 0 Å². The third-order valence-corrected chi connectivity index (χ3v) is 2.75. The van der Waals surface area contributed by atoms with E-state index in [4.69, 9.17) is 5.73 Å². The van der Waals surface area contributed by atoms with E-state index in [1.807, 2.05) is 37.6 Å². The molecule has 0 fully saturated rings. The normalized spacial score (nSPS) is 10.4. The monoisotopic (exact) mass is 280 g/mol. The Labute approximate surface area is 103 Å². The second kappa shape index (κ2) is 4.57. The molecule has 2 rings (SSSR count). The lowest BCUT2D eigenvalue weighted by Crippen LogP contribution is -2.01. The number of aromatic nitrogens is 2. The van der Waals surface area contributed by atoms with E-state index < -0.39 is 0 Å². The highest BCUT2D eigenvalue weighted by molar-refractivity contribution is 9.10. The van der Waals surface area contributed by atoms with Crippen molar-refractivity contribution in [3.8, 4) is 0 Å². The molecule has 1 aromatic carbocycles. The number of aryl methyl sites for hydroxylation is 1. The fraction of sp³-hybridized carbons (Fsp3) is 0.182. The molecule has 0 aliphatic rings. The van der Waals surface area contributed by atoms with Crippen LogP contribution in [0.15, 0.2) is 35.1 Å². The van der Waals surface area contributed by atoms with Gasteiger partial charge in [-0.15, -0.1) is 0 Å². The maximum absolute atomic E-state index is 5.88. The summed E-state index contributed by atoms with van der Waals surface area (Å²) in [6, 6.07) is 5.79. The van der Waals surface area contributed by atoms with Crippen LogP contribution in [0.4, 0.5) is 11.4 Å². The fourth-order valence-electron chi connectivity index (χ4n) is 1.46. The smallest absolute Gasteiger partial charge is 0.0577 e. The van der Waals surface area contributed by atoms with Gasteiger partial charge in [0.05, 0.1) is 17.6 Å². The SMILES string of the molecule is Cn1cc(CNc2ccc(Br)cc2N)cn1. The lowest BCUT2D eigenvalue weighted by Gasteiger charge is -2.08. The molecule has 0 unspecified atom stereocenters. The topological polar surface area (TPSA) is 55.9 Å². The zero-order valence-corrected chi connectivity index (χ0v) is 10.5. The molecule has 0 bridgehead atoms. The van der Waals surface area contributed by atoms with Gasteiger partial charge in [0.1, 0.15) is 0 Å². The number of nitrogens with two attached hydrogens (primary N) is 1. The highest BCUT2D eigenvalue weighted by atomic mass is 79.9. The molecule has 5 heteroatoms. The van der Waals surface area contributed by atoms with Crippen LogP contribution in [0.1, 0.15) is 5.56 Å². The highest BCUT2D eigenvalue weighted by Crippen LogP contribution is 2.23.